The van der Waals surface area contributed by atoms with E-state index in [-0.39, 0.29) is 22.1 Å². The van der Waals surface area contributed by atoms with Crippen LogP contribution in [-0.2, 0) is 10.0 Å². The topological polar surface area (TPSA) is 63.4 Å². The first-order valence-electron chi connectivity index (χ1n) is 6.79. The maximum Gasteiger partial charge on any atom is 0.243 e. The van der Waals surface area contributed by atoms with Crippen LogP contribution in [0, 0.1) is 18.7 Å². The van der Waals surface area contributed by atoms with Crippen molar-refractivity contribution in [2.24, 2.45) is 5.92 Å². The summed E-state index contributed by atoms with van der Waals surface area (Å²) in [5.41, 5.74) is 6.09. The molecule has 0 amide bonds. The average molecular weight is 302 g/mol. The van der Waals surface area contributed by atoms with Crippen LogP contribution in [0.1, 0.15) is 32.8 Å². The highest BCUT2D eigenvalue weighted by atomic mass is 32.2. The number of sulfonamides is 1. The number of nitrogens with zero attached hydrogens (tertiary/aromatic N) is 1. The van der Waals surface area contributed by atoms with Crippen LogP contribution >= 0.6 is 0 Å². The Morgan fingerprint density at radius 1 is 1.35 bits per heavy atom. The van der Waals surface area contributed by atoms with Crippen LogP contribution < -0.4 is 5.73 Å². The van der Waals surface area contributed by atoms with Gasteiger partial charge in [-0.05, 0) is 25.0 Å². The molecule has 1 aromatic carbocycles. The molecule has 1 aromatic rings. The van der Waals surface area contributed by atoms with Crippen molar-refractivity contribution in [1.82, 2.24) is 4.31 Å². The second-order valence-electron chi connectivity index (χ2n) is 5.09. The van der Waals surface area contributed by atoms with Gasteiger partial charge in [-0.15, -0.1) is 0 Å². The molecular formula is C14H23FN2O2S. The standard InChI is InChI=1S/C14H23FN2O2S/c1-5-10(3)9-17(6-2)20(18,19)12-7-13(15)11(4)14(16)8-12/h7-8,10H,5-6,9,16H2,1-4H3. The van der Waals surface area contributed by atoms with Crippen LogP contribution in [0.2, 0.25) is 0 Å². The molecule has 0 saturated heterocycles. The van der Waals surface area contributed by atoms with Gasteiger partial charge in [-0.25, -0.2) is 12.8 Å². The molecule has 0 fully saturated rings. The van der Waals surface area contributed by atoms with Gasteiger partial charge in [0.15, 0.2) is 0 Å². The van der Waals surface area contributed by atoms with Crippen molar-refractivity contribution in [2.75, 3.05) is 18.8 Å². The van der Waals surface area contributed by atoms with Gasteiger partial charge in [-0.3, -0.25) is 0 Å². The number of nitrogen functional groups attached to an aromatic ring is 1. The van der Waals surface area contributed by atoms with Crippen LogP contribution in [0.5, 0.6) is 0 Å². The summed E-state index contributed by atoms with van der Waals surface area (Å²) in [7, 11) is -3.70. The van der Waals surface area contributed by atoms with Gasteiger partial charge in [0.05, 0.1) is 4.90 Å². The Morgan fingerprint density at radius 3 is 2.40 bits per heavy atom. The molecule has 0 aromatic heterocycles. The SMILES string of the molecule is CCC(C)CN(CC)S(=O)(=O)c1cc(N)c(C)c(F)c1. The average Bonchev–Trinajstić information content (AvgIpc) is 2.40. The molecule has 2 N–H and O–H groups in total. The highest BCUT2D eigenvalue weighted by molar-refractivity contribution is 7.89. The summed E-state index contributed by atoms with van der Waals surface area (Å²) >= 11 is 0. The second-order valence-corrected chi connectivity index (χ2v) is 7.03. The molecule has 0 spiro atoms. The lowest BCUT2D eigenvalue weighted by Gasteiger charge is -2.23. The minimum Gasteiger partial charge on any atom is -0.398 e. The Balaban J connectivity index is 3.21. The number of halogens is 1. The number of hydrogen-bond donors (Lipinski definition) is 1. The lowest BCUT2D eigenvalue weighted by atomic mass is 10.1. The van der Waals surface area contributed by atoms with Crippen LogP contribution in [0.4, 0.5) is 10.1 Å². The summed E-state index contributed by atoms with van der Waals surface area (Å²) in [4.78, 5) is -0.0803. The predicted molar refractivity (Wildman–Crippen MR) is 79.4 cm³/mol. The highest BCUT2D eigenvalue weighted by Gasteiger charge is 2.25. The lowest BCUT2D eigenvalue weighted by molar-refractivity contribution is 0.361. The zero-order chi connectivity index (χ0) is 15.5. The van der Waals surface area contributed by atoms with E-state index in [4.69, 9.17) is 5.73 Å². The Kier molecular flexibility index (Phi) is 5.53. The van der Waals surface area contributed by atoms with E-state index in [1.807, 2.05) is 13.8 Å². The van der Waals surface area contributed by atoms with Gasteiger partial charge in [0.25, 0.3) is 0 Å². The third-order valence-corrected chi connectivity index (χ3v) is 5.48. The predicted octanol–water partition coefficient (Wildman–Crippen LogP) is 2.77. The maximum atomic E-state index is 13.7. The fourth-order valence-electron chi connectivity index (χ4n) is 1.85. The van der Waals surface area contributed by atoms with Crippen molar-refractivity contribution in [1.29, 1.82) is 0 Å². The third-order valence-electron chi connectivity index (χ3n) is 3.56. The van der Waals surface area contributed by atoms with E-state index in [1.165, 1.54) is 17.3 Å². The third kappa shape index (κ3) is 3.49. The maximum absolute atomic E-state index is 13.7. The minimum atomic E-state index is -3.70. The molecule has 0 aliphatic carbocycles. The molecule has 0 aliphatic rings. The second kappa shape index (κ2) is 6.54. The summed E-state index contributed by atoms with van der Waals surface area (Å²) in [6.45, 7) is 8.06. The number of anilines is 1. The molecule has 1 rings (SSSR count). The van der Waals surface area contributed by atoms with E-state index in [2.05, 4.69) is 0 Å². The smallest absolute Gasteiger partial charge is 0.243 e. The normalized spacial score (nSPS) is 13.7. The first-order valence-corrected chi connectivity index (χ1v) is 8.23. The van der Waals surface area contributed by atoms with Crippen LogP contribution in [0.25, 0.3) is 0 Å². The van der Waals surface area contributed by atoms with Gasteiger partial charge in [0.2, 0.25) is 10.0 Å². The van der Waals surface area contributed by atoms with Crippen molar-refractivity contribution in [3.8, 4) is 0 Å². The molecule has 6 heteroatoms. The van der Waals surface area contributed by atoms with Crippen molar-refractivity contribution < 1.29 is 12.8 Å². The highest BCUT2D eigenvalue weighted by Crippen LogP contribution is 2.24. The summed E-state index contributed by atoms with van der Waals surface area (Å²) in [5.74, 6) is -0.347. The molecule has 1 unspecified atom stereocenters. The molecule has 114 valence electrons. The van der Waals surface area contributed by atoms with Crippen molar-refractivity contribution in [3.05, 3.63) is 23.5 Å². The fourth-order valence-corrected chi connectivity index (χ4v) is 3.46. The van der Waals surface area contributed by atoms with Gasteiger partial charge in [-0.2, -0.15) is 4.31 Å². The quantitative estimate of drug-likeness (QED) is 0.822. The van der Waals surface area contributed by atoms with E-state index in [9.17, 15) is 12.8 Å². The molecule has 0 bridgehead atoms. The van der Waals surface area contributed by atoms with Crippen molar-refractivity contribution in [2.45, 2.75) is 39.0 Å². The molecule has 1 atom stereocenters. The number of benzene rings is 1. The minimum absolute atomic E-state index is 0.0803. The van der Waals surface area contributed by atoms with Crippen LogP contribution in [-0.4, -0.2) is 25.8 Å². The van der Waals surface area contributed by atoms with Crippen molar-refractivity contribution in [3.63, 3.8) is 0 Å². The first kappa shape index (κ1) is 16.9. The largest absolute Gasteiger partial charge is 0.398 e. The molecular weight excluding hydrogens is 279 g/mol. The molecule has 0 aliphatic heterocycles. The van der Waals surface area contributed by atoms with E-state index < -0.39 is 15.8 Å². The number of hydrogen-bond acceptors (Lipinski definition) is 3. The summed E-state index contributed by atoms with van der Waals surface area (Å²) in [6.07, 6.45) is 0.885. The van der Waals surface area contributed by atoms with E-state index in [1.54, 1.807) is 6.92 Å². The van der Waals surface area contributed by atoms with Gasteiger partial charge < -0.3 is 5.73 Å². The van der Waals surface area contributed by atoms with Gasteiger partial charge in [-0.1, -0.05) is 27.2 Å². The first-order chi connectivity index (χ1) is 9.23. The van der Waals surface area contributed by atoms with E-state index >= 15 is 0 Å². The monoisotopic (exact) mass is 302 g/mol. The Labute approximate surface area is 120 Å². The van der Waals surface area contributed by atoms with Gasteiger partial charge in [0, 0.05) is 24.3 Å². The van der Waals surface area contributed by atoms with Gasteiger partial charge >= 0.3 is 0 Å². The van der Waals surface area contributed by atoms with E-state index in [0.29, 0.717) is 13.1 Å². The van der Waals surface area contributed by atoms with E-state index in [0.717, 1.165) is 12.5 Å². The van der Waals surface area contributed by atoms with Crippen LogP contribution in [0.3, 0.4) is 0 Å². The number of nitrogens with two attached hydrogens (primary N) is 1. The van der Waals surface area contributed by atoms with Crippen molar-refractivity contribution >= 4 is 15.7 Å². The fraction of sp³-hybridized carbons (Fsp3) is 0.571. The summed E-state index contributed by atoms with van der Waals surface area (Å²) in [5, 5.41) is 0. The molecule has 4 nitrogen and oxygen atoms in total. The Morgan fingerprint density at radius 2 is 1.95 bits per heavy atom. The molecule has 0 heterocycles. The van der Waals surface area contributed by atoms with Gasteiger partial charge in [0.1, 0.15) is 5.82 Å². The summed E-state index contributed by atoms with van der Waals surface area (Å²) < 4.78 is 40.1. The molecule has 0 radical (unpaired) electrons. The Hall–Kier alpha value is -1.14. The Bertz CT molecular complexity index is 550. The zero-order valence-corrected chi connectivity index (χ0v) is 13.3. The molecule has 0 saturated carbocycles. The van der Waals surface area contributed by atoms with Crippen LogP contribution in [0.15, 0.2) is 17.0 Å². The lowest BCUT2D eigenvalue weighted by Crippen LogP contribution is -2.34. The summed E-state index contributed by atoms with van der Waals surface area (Å²) in [6, 6.07) is 2.37. The number of rotatable bonds is 6. The zero-order valence-electron chi connectivity index (χ0n) is 12.5. The molecule has 20 heavy (non-hydrogen) atoms.